The molecule has 0 aliphatic rings. The van der Waals surface area contributed by atoms with Crippen molar-refractivity contribution in [2.75, 3.05) is 46.6 Å². The van der Waals surface area contributed by atoms with Crippen LogP contribution in [0.2, 0.25) is 0 Å². The van der Waals surface area contributed by atoms with Gasteiger partial charge in [-0.25, -0.2) is 4.79 Å². The Kier molecular flexibility index (Phi) is 9.88. The second-order valence-electron chi connectivity index (χ2n) is 7.22. The lowest BCUT2D eigenvalue weighted by molar-refractivity contribution is 0.0135. The molecule has 0 N–H and O–H groups in total. The van der Waals surface area contributed by atoms with E-state index >= 15 is 0 Å². The van der Waals surface area contributed by atoms with E-state index in [4.69, 9.17) is 18.4 Å². The number of likely N-dealkylation sites (N-methyl/N-ethyl adjacent to an activating group) is 1. The van der Waals surface area contributed by atoms with Crippen molar-refractivity contribution in [1.29, 1.82) is 0 Å². The Labute approximate surface area is 167 Å². The first-order valence-corrected chi connectivity index (χ1v) is 10.5. The quantitative estimate of drug-likeness (QED) is 0.404. The summed E-state index contributed by atoms with van der Waals surface area (Å²) < 4.78 is 44.8. The van der Waals surface area contributed by atoms with Gasteiger partial charge in [0.25, 0.3) is 10.1 Å². The fraction of sp³-hybridized carbons (Fsp3) is 0.632. The Morgan fingerprint density at radius 1 is 0.964 bits per heavy atom. The van der Waals surface area contributed by atoms with Gasteiger partial charge < -0.3 is 19.1 Å². The molecule has 1 amide bonds. The van der Waals surface area contributed by atoms with E-state index in [1.807, 2.05) is 27.7 Å². The number of carbonyl (C=O) groups is 1. The molecule has 9 heteroatoms. The number of hydrogen-bond acceptors (Lipinski definition) is 7. The first-order chi connectivity index (χ1) is 13.0. The van der Waals surface area contributed by atoms with Crippen LogP contribution in [0.15, 0.2) is 29.2 Å². The minimum atomic E-state index is -3.77. The van der Waals surface area contributed by atoms with Crippen LogP contribution in [0.4, 0.5) is 4.79 Å². The molecule has 0 unspecified atom stereocenters. The molecule has 0 atom stereocenters. The van der Waals surface area contributed by atoms with Gasteiger partial charge in [0.15, 0.2) is 0 Å². The summed E-state index contributed by atoms with van der Waals surface area (Å²) in [6.45, 7) is 8.72. The van der Waals surface area contributed by atoms with Gasteiger partial charge in [-0.05, 0) is 39.8 Å². The maximum absolute atomic E-state index is 12.0. The molecule has 0 radical (unpaired) electrons. The normalized spacial score (nSPS) is 12.0. The number of ether oxygens (including phenoxy) is 3. The van der Waals surface area contributed by atoms with Gasteiger partial charge >= 0.3 is 6.09 Å². The van der Waals surface area contributed by atoms with Gasteiger partial charge in [-0.15, -0.1) is 0 Å². The molecule has 0 heterocycles. The van der Waals surface area contributed by atoms with Crippen LogP contribution in [0.3, 0.4) is 0 Å². The van der Waals surface area contributed by atoms with Crippen molar-refractivity contribution in [3.63, 3.8) is 0 Å². The van der Waals surface area contributed by atoms with Gasteiger partial charge in [0, 0.05) is 13.6 Å². The summed E-state index contributed by atoms with van der Waals surface area (Å²) >= 11 is 0. The molecular weight excluding hydrogens is 386 g/mol. The lowest BCUT2D eigenvalue weighted by atomic mass is 10.2. The van der Waals surface area contributed by atoms with E-state index in [0.29, 0.717) is 26.4 Å². The maximum atomic E-state index is 12.0. The molecule has 0 saturated carbocycles. The van der Waals surface area contributed by atoms with Gasteiger partial charge in [-0.2, -0.15) is 8.42 Å². The van der Waals surface area contributed by atoms with Crippen molar-refractivity contribution >= 4 is 16.2 Å². The smallest absolute Gasteiger partial charge is 0.410 e. The molecule has 0 aromatic heterocycles. The van der Waals surface area contributed by atoms with Crippen molar-refractivity contribution in [3.8, 4) is 0 Å². The van der Waals surface area contributed by atoms with Crippen LogP contribution < -0.4 is 0 Å². The van der Waals surface area contributed by atoms with Crippen molar-refractivity contribution in [1.82, 2.24) is 4.90 Å². The van der Waals surface area contributed by atoms with Crippen LogP contribution in [0.5, 0.6) is 0 Å². The standard InChI is InChI=1S/C19H31NO7S/c1-16-6-8-17(9-7-16)28(22,23)26-15-14-25-13-12-24-11-10-20(5)18(21)27-19(2,3)4/h6-9H,10-15H2,1-5H3. The summed E-state index contributed by atoms with van der Waals surface area (Å²) in [5.41, 5.74) is 0.439. The van der Waals surface area contributed by atoms with Crippen LogP contribution in [0, 0.1) is 6.92 Å². The summed E-state index contributed by atoms with van der Waals surface area (Å²) in [5.74, 6) is 0. The highest BCUT2D eigenvalue weighted by Gasteiger charge is 2.19. The Balaban J connectivity index is 2.09. The van der Waals surface area contributed by atoms with E-state index in [9.17, 15) is 13.2 Å². The summed E-state index contributed by atoms with van der Waals surface area (Å²) in [6, 6.07) is 6.44. The van der Waals surface area contributed by atoms with E-state index in [2.05, 4.69) is 0 Å². The Morgan fingerprint density at radius 2 is 1.50 bits per heavy atom. The first kappa shape index (κ1) is 24.4. The van der Waals surface area contributed by atoms with Crippen LogP contribution in [0.1, 0.15) is 26.3 Å². The lowest BCUT2D eigenvalue weighted by Crippen LogP contribution is -2.36. The largest absolute Gasteiger partial charge is 0.444 e. The molecule has 0 spiro atoms. The summed E-state index contributed by atoms with van der Waals surface area (Å²) in [7, 11) is -2.13. The predicted octanol–water partition coefficient (Wildman–Crippen LogP) is 2.60. The molecule has 160 valence electrons. The summed E-state index contributed by atoms with van der Waals surface area (Å²) in [5, 5.41) is 0. The van der Waals surface area contributed by atoms with Crippen LogP contribution in [-0.4, -0.2) is 71.6 Å². The molecule has 0 aliphatic carbocycles. The highest BCUT2D eigenvalue weighted by atomic mass is 32.2. The third-order valence-corrected chi connectivity index (χ3v) is 4.75. The van der Waals surface area contributed by atoms with Crippen molar-refractivity contribution < 1.29 is 31.6 Å². The molecule has 0 aliphatic heterocycles. The third kappa shape index (κ3) is 10.0. The zero-order valence-electron chi connectivity index (χ0n) is 17.3. The number of amides is 1. The molecule has 0 bridgehead atoms. The van der Waals surface area contributed by atoms with Crippen LogP contribution in [0.25, 0.3) is 0 Å². The minimum Gasteiger partial charge on any atom is -0.444 e. The second-order valence-corrected chi connectivity index (χ2v) is 8.83. The fourth-order valence-corrected chi connectivity index (χ4v) is 2.82. The number of hydrogen-bond donors (Lipinski definition) is 0. The highest BCUT2D eigenvalue weighted by Crippen LogP contribution is 2.13. The Bertz CT molecular complexity index is 696. The molecule has 1 rings (SSSR count). The fourth-order valence-electron chi connectivity index (χ4n) is 1.93. The van der Waals surface area contributed by atoms with Crippen molar-refractivity contribution in [2.45, 2.75) is 38.2 Å². The second kappa shape index (κ2) is 11.4. The number of aryl methyl sites for hydroxylation is 1. The van der Waals surface area contributed by atoms with Crippen LogP contribution in [-0.2, 0) is 28.5 Å². The minimum absolute atomic E-state index is 0.0718. The van der Waals surface area contributed by atoms with Gasteiger partial charge in [-0.3, -0.25) is 4.18 Å². The predicted molar refractivity (Wildman–Crippen MR) is 105 cm³/mol. The molecule has 1 aromatic carbocycles. The van der Waals surface area contributed by atoms with Crippen LogP contribution >= 0.6 is 0 Å². The molecule has 1 aromatic rings. The zero-order valence-corrected chi connectivity index (χ0v) is 18.1. The SMILES string of the molecule is Cc1ccc(S(=O)(=O)OCCOCCOCCN(C)C(=O)OC(C)(C)C)cc1. The Morgan fingerprint density at radius 3 is 2.07 bits per heavy atom. The van der Waals surface area contributed by atoms with Crippen molar-refractivity contribution in [3.05, 3.63) is 29.8 Å². The molecule has 0 saturated heterocycles. The number of benzene rings is 1. The first-order valence-electron chi connectivity index (χ1n) is 9.07. The average molecular weight is 418 g/mol. The van der Waals surface area contributed by atoms with E-state index in [1.54, 1.807) is 19.2 Å². The van der Waals surface area contributed by atoms with Gasteiger partial charge in [0.1, 0.15) is 5.60 Å². The van der Waals surface area contributed by atoms with E-state index in [0.717, 1.165) is 5.56 Å². The monoisotopic (exact) mass is 417 g/mol. The van der Waals surface area contributed by atoms with Crippen molar-refractivity contribution in [2.24, 2.45) is 0 Å². The van der Waals surface area contributed by atoms with E-state index in [1.165, 1.54) is 17.0 Å². The highest BCUT2D eigenvalue weighted by molar-refractivity contribution is 7.86. The average Bonchev–Trinajstić information content (AvgIpc) is 2.59. The van der Waals surface area contributed by atoms with E-state index in [-0.39, 0.29) is 18.1 Å². The van der Waals surface area contributed by atoms with Gasteiger partial charge in [0.05, 0.1) is 37.9 Å². The maximum Gasteiger partial charge on any atom is 0.410 e. The topological polar surface area (TPSA) is 91.4 Å². The van der Waals surface area contributed by atoms with Gasteiger partial charge in [-0.1, -0.05) is 17.7 Å². The summed E-state index contributed by atoms with van der Waals surface area (Å²) in [6.07, 6.45) is -0.403. The van der Waals surface area contributed by atoms with Gasteiger partial charge in [0.2, 0.25) is 0 Å². The van der Waals surface area contributed by atoms with E-state index < -0.39 is 21.8 Å². The molecule has 8 nitrogen and oxygen atoms in total. The zero-order chi connectivity index (χ0) is 21.2. The number of nitrogens with zero attached hydrogens (tertiary/aromatic N) is 1. The lowest BCUT2D eigenvalue weighted by Gasteiger charge is -2.24. The molecule has 0 fully saturated rings. The molecule has 28 heavy (non-hydrogen) atoms. The third-order valence-electron chi connectivity index (χ3n) is 3.42. The number of rotatable bonds is 11. The Hall–Kier alpha value is -1.68. The number of carbonyl (C=O) groups excluding carboxylic acids is 1. The summed E-state index contributed by atoms with van der Waals surface area (Å²) in [4.78, 5) is 13.3. The molecular formula is C19H31NO7S.